The summed E-state index contributed by atoms with van der Waals surface area (Å²) >= 11 is 7.17. The maximum Gasteiger partial charge on any atom is 0.234 e. The Hall–Kier alpha value is -2.12. The van der Waals surface area contributed by atoms with Crippen LogP contribution in [0.5, 0.6) is 5.75 Å². The fourth-order valence-corrected chi connectivity index (χ4v) is 6.17. The number of ether oxygens (including phenoxy) is 1. The zero-order valence-corrected chi connectivity index (χ0v) is 20.0. The average Bonchev–Trinajstić information content (AvgIpc) is 3.11. The Balaban J connectivity index is 1.63. The van der Waals surface area contributed by atoms with E-state index in [0.717, 1.165) is 31.5 Å². The summed E-state index contributed by atoms with van der Waals surface area (Å²) < 4.78 is 8.56. The molecule has 1 fully saturated rings. The molecule has 3 heterocycles. The van der Waals surface area contributed by atoms with Gasteiger partial charge in [0.2, 0.25) is 17.5 Å². The second kappa shape index (κ2) is 6.44. The number of imide groups is 1. The van der Waals surface area contributed by atoms with E-state index in [1.54, 1.807) is 0 Å². The summed E-state index contributed by atoms with van der Waals surface area (Å²) in [5.41, 5.74) is 2.50. The highest BCUT2D eigenvalue weighted by molar-refractivity contribution is 9.11. The number of carbonyl (C=O) groups is 2. The second-order valence-electron chi connectivity index (χ2n) is 8.45. The van der Waals surface area contributed by atoms with Crippen LogP contribution in [0.25, 0.3) is 6.08 Å². The van der Waals surface area contributed by atoms with Crippen molar-refractivity contribution in [3.63, 3.8) is 0 Å². The third-order valence-electron chi connectivity index (χ3n) is 6.50. The maximum atomic E-state index is 12.3. The molecule has 7 heteroatoms. The Kier molecular flexibility index (Phi) is 4.25. The summed E-state index contributed by atoms with van der Waals surface area (Å²) in [6.07, 6.45) is 4.73. The Morgan fingerprint density at radius 3 is 2.43 bits per heavy atom. The molecule has 5 nitrogen and oxygen atoms in total. The fourth-order valence-electron chi connectivity index (χ4n) is 4.83. The van der Waals surface area contributed by atoms with E-state index in [2.05, 4.69) is 62.8 Å². The smallest absolute Gasteiger partial charge is 0.234 e. The Morgan fingerprint density at radius 1 is 1.03 bits per heavy atom. The predicted octanol–water partition coefficient (Wildman–Crippen LogP) is 5.39. The molecule has 1 spiro atoms. The van der Waals surface area contributed by atoms with Crippen LogP contribution in [-0.4, -0.2) is 24.6 Å². The molecule has 1 unspecified atom stereocenters. The van der Waals surface area contributed by atoms with Gasteiger partial charge in [0.1, 0.15) is 5.75 Å². The van der Waals surface area contributed by atoms with Crippen molar-refractivity contribution < 1.29 is 14.3 Å². The van der Waals surface area contributed by atoms with Gasteiger partial charge in [-0.2, -0.15) is 0 Å². The van der Waals surface area contributed by atoms with E-state index in [1.165, 1.54) is 4.90 Å². The number of hydrogen-bond acceptors (Lipinski definition) is 4. The van der Waals surface area contributed by atoms with Gasteiger partial charge in [-0.3, -0.25) is 14.5 Å². The number of hydrogen-bond donors (Lipinski definition) is 0. The van der Waals surface area contributed by atoms with Gasteiger partial charge in [-0.1, -0.05) is 15.9 Å². The SMILES string of the molecule is CN1c2ccc(N3C(=O)CCC3=O)cc2C(C)(C)C12C=Cc1cc(Br)cc(Br)c1O2. The Labute approximate surface area is 191 Å². The number of anilines is 2. The maximum absolute atomic E-state index is 12.3. The van der Waals surface area contributed by atoms with Gasteiger partial charge in [0, 0.05) is 35.6 Å². The Morgan fingerprint density at radius 2 is 1.73 bits per heavy atom. The molecule has 2 aromatic rings. The number of nitrogens with zero attached hydrogens (tertiary/aromatic N) is 2. The van der Waals surface area contributed by atoms with Crippen molar-refractivity contribution in [1.29, 1.82) is 0 Å². The zero-order valence-electron chi connectivity index (χ0n) is 16.8. The molecular weight excluding hydrogens is 512 g/mol. The van der Waals surface area contributed by atoms with E-state index in [0.29, 0.717) is 5.69 Å². The molecular formula is C23H20Br2N2O3. The minimum absolute atomic E-state index is 0.143. The van der Waals surface area contributed by atoms with Crippen molar-refractivity contribution in [2.75, 3.05) is 16.8 Å². The summed E-state index contributed by atoms with van der Waals surface area (Å²) in [5, 5.41) is 0. The molecule has 0 N–H and O–H groups in total. The van der Waals surface area contributed by atoms with Crippen LogP contribution in [0, 0.1) is 0 Å². The molecule has 3 aliphatic rings. The lowest BCUT2D eigenvalue weighted by Gasteiger charge is -2.46. The first-order chi connectivity index (χ1) is 14.2. The molecule has 2 aromatic carbocycles. The van der Waals surface area contributed by atoms with Crippen molar-refractivity contribution in [2.45, 2.75) is 37.8 Å². The molecule has 1 atom stereocenters. The number of carbonyl (C=O) groups excluding carboxylic acids is 2. The quantitative estimate of drug-likeness (QED) is 0.463. The summed E-state index contributed by atoms with van der Waals surface area (Å²) in [6.45, 7) is 4.27. The second-order valence-corrected chi connectivity index (χ2v) is 10.2. The van der Waals surface area contributed by atoms with E-state index in [4.69, 9.17) is 4.74 Å². The lowest BCUT2D eigenvalue weighted by molar-refractivity contribution is -0.121. The molecule has 0 bridgehead atoms. The number of fused-ring (bicyclic) bond motifs is 2. The van der Waals surface area contributed by atoms with E-state index in [1.807, 2.05) is 37.4 Å². The number of halogens is 2. The molecule has 2 amide bonds. The summed E-state index contributed by atoms with van der Waals surface area (Å²) in [6, 6.07) is 9.79. The lowest BCUT2D eigenvalue weighted by Crippen LogP contribution is -2.58. The molecule has 1 saturated heterocycles. The topological polar surface area (TPSA) is 49.9 Å². The van der Waals surface area contributed by atoms with Gasteiger partial charge in [-0.05, 0) is 77.8 Å². The highest BCUT2D eigenvalue weighted by Crippen LogP contribution is 2.56. The van der Waals surface area contributed by atoms with Crippen molar-refractivity contribution in [2.24, 2.45) is 0 Å². The van der Waals surface area contributed by atoms with Crippen LogP contribution in [-0.2, 0) is 15.0 Å². The molecule has 5 rings (SSSR count). The van der Waals surface area contributed by atoms with Crippen LogP contribution >= 0.6 is 31.9 Å². The predicted molar refractivity (Wildman–Crippen MR) is 124 cm³/mol. The van der Waals surface area contributed by atoms with Gasteiger partial charge >= 0.3 is 0 Å². The van der Waals surface area contributed by atoms with Crippen LogP contribution < -0.4 is 14.5 Å². The largest absolute Gasteiger partial charge is 0.462 e. The van der Waals surface area contributed by atoms with Crippen LogP contribution in [0.2, 0.25) is 0 Å². The first-order valence-corrected chi connectivity index (χ1v) is 11.4. The molecule has 0 aromatic heterocycles. The van der Waals surface area contributed by atoms with Gasteiger partial charge < -0.3 is 9.64 Å². The van der Waals surface area contributed by atoms with Crippen LogP contribution in [0.15, 0.2) is 45.4 Å². The van der Waals surface area contributed by atoms with Crippen LogP contribution in [0.3, 0.4) is 0 Å². The third-order valence-corrected chi connectivity index (χ3v) is 7.55. The highest BCUT2D eigenvalue weighted by Gasteiger charge is 2.58. The van der Waals surface area contributed by atoms with E-state index < -0.39 is 11.1 Å². The van der Waals surface area contributed by atoms with Gasteiger partial charge in [0.05, 0.1) is 15.6 Å². The molecule has 0 aliphatic carbocycles. The first kappa shape index (κ1) is 19.8. The van der Waals surface area contributed by atoms with Gasteiger partial charge in [-0.25, -0.2) is 0 Å². The summed E-state index contributed by atoms with van der Waals surface area (Å²) in [4.78, 5) is 28.0. The molecule has 3 aliphatic heterocycles. The fraction of sp³-hybridized carbons (Fsp3) is 0.304. The zero-order chi connectivity index (χ0) is 21.4. The minimum atomic E-state index is -0.740. The lowest BCUT2D eigenvalue weighted by atomic mass is 9.76. The normalized spacial score (nSPS) is 23.8. The number of benzene rings is 2. The average molecular weight is 532 g/mol. The van der Waals surface area contributed by atoms with Gasteiger partial charge in [0.15, 0.2) is 0 Å². The van der Waals surface area contributed by atoms with Gasteiger partial charge in [0.25, 0.3) is 0 Å². The minimum Gasteiger partial charge on any atom is -0.462 e. The Bertz CT molecular complexity index is 1140. The third kappa shape index (κ3) is 2.51. The number of amides is 2. The van der Waals surface area contributed by atoms with Crippen molar-refractivity contribution >= 4 is 61.1 Å². The van der Waals surface area contributed by atoms with Crippen molar-refractivity contribution in [3.8, 4) is 5.75 Å². The summed E-state index contributed by atoms with van der Waals surface area (Å²) in [7, 11) is 2.02. The molecule has 30 heavy (non-hydrogen) atoms. The van der Waals surface area contributed by atoms with E-state index in [-0.39, 0.29) is 24.7 Å². The highest BCUT2D eigenvalue weighted by atomic mass is 79.9. The van der Waals surface area contributed by atoms with Crippen LogP contribution in [0.1, 0.15) is 37.8 Å². The molecule has 154 valence electrons. The summed E-state index contributed by atoms with van der Waals surface area (Å²) in [5.74, 6) is 0.505. The van der Waals surface area contributed by atoms with E-state index >= 15 is 0 Å². The van der Waals surface area contributed by atoms with Gasteiger partial charge in [-0.15, -0.1) is 0 Å². The van der Waals surface area contributed by atoms with Crippen LogP contribution in [0.4, 0.5) is 11.4 Å². The molecule has 0 saturated carbocycles. The monoisotopic (exact) mass is 530 g/mol. The number of rotatable bonds is 1. The first-order valence-electron chi connectivity index (χ1n) is 9.77. The molecule has 0 radical (unpaired) electrons. The van der Waals surface area contributed by atoms with Crippen molar-refractivity contribution in [3.05, 3.63) is 56.5 Å². The van der Waals surface area contributed by atoms with Crippen molar-refractivity contribution in [1.82, 2.24) is 0 Å². The van der Waals surface area contributed by atoms with E-state index in [9.17, 15) is 9.59 Å². The standard InChI is InChI=1S/C23H20Br2N2O3/c1-22(2)16-12-15(27-19(28)6-7-20(27)29)4-5-18(16)26(3)23(22)9-8-13-10-14(24)11-17(25)21(13)30-23/h4-5,8-12H,6-7H2,1-3H3. The number of likely N-dealkylation sites (N-methyl/N-ethyl adjacent to an activating group) is 1.